The highest BCUT2D eigenvalue weighted by atomic mass is 16.6. The van der Waals surface area contributed by atoms with E-state index in [0.717, 1.165) is 34.7 Å². The second kappa shape index (κ2) is 11.5. The molecule has 1 fully saturated rings. The van der Waals surface area contributed by atoms with Crippen LogP contribution in [-0.4, -0.2) is 40.5 Å². The molecule has 0 spiro atoms. The van der Waals surface area contributed by atoms with Crippen LogP contribution in [-0.2, 0) is 20.7 Å². The summed E-state index contributed by atoms with van der Waals surface area (Å²) in [7, 11) is 0. The highest BCUT2D eigenvalue weighted by Gasteiger charge is 2.47. The Morgan fingerprint density at radius 3 is 2.23 bits per heavy atom. The molecule has 3 aromatic rings. The van der Waals surface area contributed by atoms with E-state index in [0.29, 0.717) is 5.69 Å². The molecule has 0 bridgehead atoms. The second-order valence-corrected chi connectivity index (χ2v) is 11.4. The van der Waals surface area contributed by atoms with Crippen molar-refractivity contribution < 1.29 is 19.1 Å². The minimum atomic E-state index is -0.876. The summed E-state index contributed by atoms with van der Waals surface area (Å²) < 4.78 is 5.37. The summed E-state index contributed by atoms with van der Waals surface area (Å²) in [6, 6.07) is 19.7. The van der Waals surface area contributed by atoms with Gasteiger partial charge in [-0.2, -0.15) is 0 Å². The average Bonchev–Trinajstić information content (AvgIpc) is 3.61. The monoisotopic (exact) mass is 529 g/mol. The molecule has 1 aliphatic carbocycles. The van der Waals surface area contributed by atoms with Crippen LogP contribution in [0.1, 0.15) is 65.1 Å². The van der Waals surface area contributed by atoms with Gasteiger partial charge in [-0.25, -0.2) is 4.79 Å². The molecule has 7 heteroatoms. The van der Waals surface area contributed by atoms with Crippen LogP contribution < -0.4 is 10.6 Å². The number of fused-ring (bicyclic) bond motifs is 1. The van der Waals surface area contributed by atoms with E-state index in [4.69, 9.17) is 4.74 Å². The van der Waals surface area contributed by atoms with E-state index in [1.54, 1.807) is 32.6 Å². The van der Waals surface area contributed by atoms with Crippen molar-refractivity contribution >= 4 is 34.4 Å². The van der Waals surface area contributed by atoms with Crippen molar-refractivity contribution in [1.82, 2.24) is 10.2 Å². The molecule has 3 aromatic carbocycles. The van der Waals surface area contributed by atoms with Gasteiger partial charge in [-0.05, 0) is 80.5 Å². The number of carbonyl (C=O) groups excluding carboxylic acids is 3. The summed E-state index contributed by atoms with van der Waals surface area (Å²) in [5.41, 5.74) is 1.83. The normalized spacial score (nSPS) is 18.1. The number of carbonyl (C=O) groups is 3. The van der Waals surface area contributed by atoms with Gasteiger partial charge in [-0.15, -0.1) is 0 Å². The zero-order valence-corrected chi connectivity index (χ0v) is 23.7. The molecule has 39 heavy (non-hydrogen) atoms. The van der Waals surface area contributed by atoms with Gasteiger partial charge in [0, 0.05) is 11.7 Å². The van der Waals surface area contributed by atoms with E-state index in [2.05, 4.69) is 24.5 Å². The first-order valence-corrected chi connectivity index (χ1v) is 13.7. The summed E-state index contributed by atoms with van der Waals surface area (Å²) >= 11 is 0. The van der Waals surface area contributed by atoms with E-state index in [-0.39, 0.29) is 23.8 Å². The van der Waals surface area contributed by atoms with E-state index in [1.807, 2.05) is 66.7 Å². The molecule has 206 valence electrons. The van der Waals surface area contributed by atoms with Gasteiger partial charge in [0.2, 0.25) is 5.91 Å². The first-order chi connectivity index (χ1) is 18.5. The van der Waals surface area contributed by atoms with E-state index in [1.165, 1.54) is 0 Å². The fourth-order valence-corrected chi connectivity index (χ4v) is 4.79. The molecule has 3 amide bonds. The maximum Gasteiger partial charge on any atom is 0.408 e. The Morgan fingerprint density at radius 1 is 1.00 bits per heavy atom. The zero-order valence-electron chi connectivity index (χ0n) is 23.7. The first kappa shape index (κ1) is 28.1. The number of amides is 3. The Labute approximate surface area is 230 Å². The topological polar surface area (TPSA) is 87.7 Å². The number of anilines is 1. The molecule has 2 N–H and O–H groups in total. The van der Waals surface area contributed by atoms with Gasteiger partial charge in [0.05, 0.1) is 0 Å². The third-order valence-corrected chi connectivity index (χ3v) is 7.03. The van der Waals surface area contributed by atoms with Gasteiger partial charge in [-0.3, -0.25) is 9.59 Å². The number of hydrogen-bond donors (Lipinski definition) is 2. The van der Waals surface area contributed by atoms with E-state index >= 15 is 0 Å². The maximum absolute atomic E-state index is 14.0. The molecule has 4 atom stereocenters. The highest BCUT2D eigenvalue weighted by Crippen LogP contribution is 2.41. The quantitative estimate of drug-likeness (QED) is 0.362. The molecule has 7 nitrogen and oxygen atoms in total. The van der Waals surface area contributed by atoms with Crippen LogP contribution in [0.2, 0.25) is 0 Å². The molecule has 4 rings (SSSR count). The summed E-state index contributed by atoms with van der Waals surface area (Å²) in [6.45, 7) is 11.1. The molecule has 4 unspecified atom stereocenters. The fraction of sp³-hybridized carbons (Fsp3) is 0.406. The number of nitrogens with one attached hydrogen (secondary N) is 2. The average molecular weight is 530 g/mol. The van der Waals surface area contributed by atoms with Crippen molar-refractivity contribution in [3.63, 3.8) is 0 Å². The third-order valence-electron chi connectivity index (χ3n) is 7.03. The smallest absolute Gasteiger partial charge is 0.408 e. The lowest BCUT2D eigenvalue weighted by Crippen LogP contribution is -2.52. The predicted molar refractivity (Wildman–Crippen MR) is 154 cm³/mol. The van der Waals surface area contributed by atoms with E-state index < -0.39 is 23.8 Å². The Hall–Kier alpha value is -3.87. The zero-order chi connectivity index (χ0) is 28.3. The summed E-state index contributed by atoms with van der Waals surface area (Å²) in [6.07, 6.45) is 0.988. The van der Waals surface area contributed by atoms with Crippen molar-refractivity contribution in [1.29, 1.82) is 0 Å². The van der Waals surface area contributed by atoms with Crippen molar-refractivity contribution in [2.75, 3.05) is 5.32 Å². The van der Waals surface area contributed by atoms with Crippen LogP contribution in [0.4, 0.5) is 10.5 Å². The van der Waals surface area contributed by atoms with Gasteiger partial charge < -0.3 is 20.3 Å². The Kier molecular flexibility index (Phi) is 8.28. The number of ether oxygens (including phenoxy) is 1. The van der Waals surface area contributed by atoms with Crippen molar-refractivity contribution in [2.24, 2.45) is 5.92 Å². The number of rotatable bonds is 8. The standard InChI is InChI=1S/C32H39N3O4/c1-7-22-12-14-24(15-13-22)28(29(36)34-26-17-16-23-10-8-9-11-25(23)19-26)35(27-18-20(27)2)30(37)21(3)33-31(38)39-32(4,5)6/h8-17,19-21,27-28H,7,18H2,1-6H3,(H,33,38)(H,34,36). The first-order valence-electron chi connectivity index (χ1n) is 13.7. The van der Waals surface area contributed by atoms with E-state index in [9.17, 15) is 14.4 Å². The highest BCUT2D eigenvalue weighted by molar-refractivity contribution is 6.00. The maximum atomic E-state index is 14.0. The molecule has 0 aliphatic heterocycles. The fourth-order valence-electron chi connectivity index (χ4n) is 4.79. The lowest BCUT2D eigenvalue weighted by molar-refractivity contribution is -0.141. The van der Waals surface area contributed by atoms with Crippen molar-refractivity contribution in [3.8, 4) is 0 Å². The van der Waals surface area contributed by atoms with Crippen LogP contribution in [0, 0.1) is 5.92 Å². The molecule has 1 aliphatic rings. The Bertz CT molecular complexity index is 1350. The number of nitrogens with zero attached hydrogens (tertiary/aromatic N) is 1. The Morgan fingerprint density at radius 2 is 1.64 bits per heavy atom. The van der Waals surface area contributed by atoms with Crippen LogP contribution in [0.3, 0.4) is 0 Å². The molecule has 0 heterocycles. The lowest BCUT2D eigenvalue weighted by Gasteiger charge is -2.34. The summed E-state index contributed by atoms with van der Waals surface area (Å²) in [4.78, 5) is 42.0. The molecular formula is C32H39N3O4. The number of alkyl carbamates (subject to hydrolysis) is 1. The lowest BCUT2D eigenvalue weighted by atomic mass is 10.00. The second-order valence-electron chi connectivity index (χ2n) is 11.4. The van der Waals surface area contributed by atoms with Crippen molar-refractivity contribution in [2.45, 2.75) is 78.1 Å². The number of aryl methyl sites for hydroxylation is 1. The van der Waals surface area contributed by atoms with Gasteiger partial charge in [-0.1, -0.05) is 68.4 Å². The molecule has 0 radical (unpaired) electrons. The molecule has 1 saturated carbocycles. The third kappa shape index (κ3) is 6.96. The predicted octanol–water partition coefficient (Wildman–Crippen LogP) is 6.23. The number of hydrogen-bond acceptors (Lipinski definition) is 4. The summed E-state index contributed by atoms with van der Waals surface area (Å²) in [5.74, 6) is -0.381. The van der Waals surface area contributed by atoms with Crippen LogP contribution in [0.15, 0.2) is 66.7 Å². The SMILES string of the molecule is CCc1ccc(C(C(=O)Nc2ccc3ccccc3c2)N(C(=O)C(C)NC(=O)OC(C)(C)C)C2CC2C)cc1. The van der Waals surface area contributed by atoms with Gasteiger partial charge in [0.1, 0.15) is 17.7 Å². The molecule has 0 saturated heterocycles. The van der Waals surface area contributed by atoms with Gasteiger partial charge in [0.25, 0.3) is 5.91 Å². The minimum absolute atomic E-state index is 0.112. The van der Waals surface area contributed by atoms with Gasteiger partial charge >= 0.3 is 6.09 Å². The molecular weight excluding hydrogens is 490 g/mol. The van der Waals surface area contributed by atoms with Crippen LogP contribution >= 0.6 is 0 Å². The Balaban J connectivity index is 1.66. The van der Waals surface area contributed by atoms with Crippen LogP contribution in [0.5, 0.6) is 0 Å². The van der Waals surface area contributed by atoms with Crippen LogP contribution in [0.25, 0.3) is 10.8 Å². The molecule has 0 aromatic heterocycles. The summed E-state index contributed by atoms with van der Waals surface area (Å²) in [5, 5.41) is 7.81. The van der Waals surface area contributed by atoms with Gasteiger partial charge in [0.15, 0.2) is 0 Å². The largest absolute Gasteiger partial charge is 0.444 e. The number of benzene rings is 3. The minimum Gasteiger partial charge on any atom is -0.444 e. The van der Waals surface area contributed by atoms with Crippen molar-refractivity contribution in [3.05, 3.63) is 77.9 Å².